The van der Waals surface area contributed by atoms with Crippen LogP contribution in [0.3, 0.4) is 0 Å². The highest BCUT2D eigenvalue weighted by Gasteiger charge is 2.36. The summed E-state index contributed by atoms with van der Waals surface area (Å²) in [6, 6.07) is 9.34. The largest absolute Gasteiger partial charge is 0.422 e. The lowest BCUT2D eigenvalue weighted by molar-refractivity contribution is 0.334. The van der Waals surface area contributed by atoms with Gasteiger partial charge in [-0.25, -0.2) is 4.68 Å². The number of rotatable bonds is 3. The highest BCUT2D eigenvalue weighted by molar-refractivity contribution is 7.91. The van der Waals surface area contributed by atoms with Gasteiger partial charge in [0, 0.05) is 13.1 Å². The molecule has 10 heteroatoms. The first-order chi connectivity index (χ1) is 13.7. The summed E-state index contributed by atoms with van der Waals surface area (Å²) >= 11 is 0. The highest BCUT2D eigenvalue weighted by atomic mass is 32.2. The summed E-state index contributed by atoms with van der Waals surface area (Å²) < 4.78 is 35.5. The van der Waals surface area contributed by atoms with Crippen molar-refractivity contribution in [2.24, 2.45) is 5.73 Å². The van der Waals surface area contributed by atoms with Gasteiger partial charge in [-0.3, -0.25) is 4.31 Å². The Morgan fingerprint density at radius 1 is 1.34 bits per heavy atom. The van der Waals surface area contributed by atoms with E-state index in [-0.39, 0.29) is 11.9 Å². The van der Waals surface area contributed by atoms with Gasteiger partial charge in [-0.05, 0) is 38.5 Å². The van der Waals surface area contributed by atoms with Gasteiger partial charge in [0.2, 0.25) is 11.8 Å². The Balaban J connectivity index is 1.81. The molecular weight excluding hydrogens is 392 g/mol. The maximum Gasteiger partial charge on any atom is 0.301 e. The van der Waals surface area contributed by atoms with Crippen molar-refractivity contribution in [3.63, 3.8) is 0 Å². The fraction of sp³-hybridized carbons (Fsp3) is 0.368. The van der Waals surface area contributed by atoms with E-state index < -0.39 is 16.1 Å². The number of fused-ring (bicyclic) bond motifs is 1. The minimum Gasteiger partial charge on any atom is -0.422 e. The molecule has 2 aliphatic rings. The van der Waals surface area contributed by atoms with Crippen molar-refractivity contribution in [3.05, 3.63) is 52.5 Å². The SMILES string of the molecule is Cc1nn(C(C)C)c2c1C(c1ccc(N3CCNS3(=O)=O)cc1)C(C#N)=C(N)O2. The molecule has 2 aliphatic heterocycles. The first-order valence-corrected chi connectivity index (χ1v) is 10.7. The Labute approximate surface area is 169 Å². The summed E-state index contributed by atoms with van der Waals surface area (Å²) in [6.07, 6.45) is 0. The van der Waals surface area contributed by atoms with Crippen molar-refractivity contribution >= 4 is 15.9 Å². The van der Waals surface area contributed by atoms with Gasteiger partial charge in [-0.2, -0.15) is 23.5 Å². The van der Waals surface area contributed by atoms with Crippen LogP contribution < -0.4 is 19.5 Å². The van der Waals surface area contributed by atoms with E-state index in [1.807, 2.05) is 32.9 Å². The zero-order chi connectivity index (χ0) is 20.9. The molecule has 152 valence electrons. The molecule has 1 aromatic heterocycles. The Morgan fingerprint density at radius 2 is 2.03 bits per heavy atom. The maximum atomic E-state index is 12.1. The van der Waals surface area contributed by atoms with Crippen molar-refractivity contribution in [1.82, 2.24) is 14.5 Å². The molecule has 1 atom stereocenters. The van der Waals surface area contributed by atoms with Gasteiger partial charge in [-0.15, -0.1) is 0 Å². The van der Waals surface area contributed by atoms with Crippen LogP contribution in [0.1, 0.15) is 42.6 Å². The number of anilines is 1. The van der Waals surface area contributed by atoms with Crippen LogP contribution >= 0.6 is 0 Å². The van der Waals surface area contributed by atoms with Crippen LogP contribution in [-0.4, -0.2) is 31.3 Å². The number of nitriles is 1. The number of hydrogen-bond donors (Lipinski definition) is 2. The minimum atomic E-state index is -3.50. The number of nitrogens with two attached hydrogens (primary N) is 1. The van der Waals surface area contributed by atoms with E-state index in [0.717, 1.165) is 16.8 Å². The van der Waals surface area contributed by atoms with Gasteiger partial charge in [0.25, 0.3) is 0 Å². The van der Waals surface area contributed by atoms with Gasteiger partial charge in [0.05, 0.1) is 28.9 Å². The second-order valence-corrected chi connectivity index (χ2v) is 9.01. The smallest absolute Gasteiger partial charge is 0.301 e. The van der Waals surface area contributed by atoms with E-state index in [0.29, 0.717) is 30.2 Å². The molecule has 3 heterocycles. The second-order valence-electron chi connectivity index (χ2n) is 7.33. The van der Waals surface area contributed by atoms with Gasteiger partial charge < -0.3 is 10.5 Å². The normalized spacial score (nSPS) is 20.5. The molecule has 0 radical (unpaired) electrons. The third kappa shape index (κ3) is 3.03. The molecule has 9 nitrogen and oxygen atoms in total. The van der Waals surface area contributed by atoms with Crippen molar-refractivity contribution in [3.8, 4) is 11.9 Å². The number of allylic oxidation sites excluding steroid dienone is 1. The van der Waals surface area contributed by atoms with E-state index in [9.17, 15) is 13.7 Å². The molecule has 4 rings (SSSR count). The molecule has 1 unspecified atom stereocenters. The molecule has 0 aliphatic carbocycles. The Hall–Kier alpha value is -3.03. The molecule has 29 heavy (non-hydrogen) atoms. The topological polar surface area (TPSA) is 126 Å². The first-order valence-electron chi connectivity index (χ1n) is 9.28. The van der Waals surface area contributed by atoms with Gasteiger partial charge in [0.15, 0.2) is 0 Å². The van der Waals surface area contributed by atoms with E-state index in [1.165, 1.54) is 4.31 Å². The Morgan fingerprint density at radius 3 is 2.59 bits per heavy atom. The number of aromatic nitrogens is 2. The Kier molecular flexibility index (Phi) is 4.52. The predicted molar refractivity (Wildman–Crippen MR) is 107 cm³/mol. The molecule has 0 amide bonds. The zero-order valence-electron chi connectivity index (χ0n) is 16.4. The fourth-order valence-corrected chi connectivity index (χ4v) is 5.03. The number of nitrogens with zero attached hydrogens (tertiary/aromatic N) is 4. The number of aryl methyl sites for hydroxylation is 1. The maximum absolute atomic E-state index is 12.1. The monoisotopic (exact) mass is 414 g/mol. The number of nitrogens with one attached hydrogen (secondary N) is 1. The van der Waals surface area contributed by atoms with Crippen LogP contribution in [-0.2, 0) is 10.2 Å². The lowest BCUT2D eigenvalue weighted by atomic mass is 9.84. The lowest BCUT2D eigenvalue weighted by Gasteiger charge is -2.26. The van der Waals surface area contributed by atoms with Crippen LogP contribution in [0, 0.1) is 18.3 Å². The molecule has 0 bridgehead atoms. The molecule has 3 N–H and O–H groups in total. The summed E-state index contributed by atoms with van der Waals surface area (Å²) in [5, 5.41) is 14.3. The third-order valence-electron chi connectivity index (χ3n) is 5.15. The summed E-state index contributed by atoms with van der Waals surface area (Å²) in [4.78, 5) is 0. The average molecular weight is 414 g/mol. The van der Waals surface area contributed by atoms with Crippen LogP contribution in [0.15, 0.2) is 35.7 Å². The van der Waals surface area contributed by atoms with Crippen molar-refractivity contribution < 1.29 is 13.2 Å². The van der Waals surface area contributed by atoms with Gasteiger partial charge in [0.1, 0.15) is 11.6 Å². The van der Waals surface area contributed by atoms with Gasteiger partial charge in [-0.1, -0.05) is 12.1 Å². The summed E-state index contributed by atoms with van der Waals surface area (Å²) in [6.45, 7) is 6.61. The highest BCUT2D eigenvalue weighted by Crippen LogP contribution is 2.44. The number of hydrogen-bond acceptors (Lipinski definition) is 6. The fourth-order valence-electron chi connectivity index (χ4n) is 3.80. The van der Waals surface area contributed by atoms with Crippen LogP contribution in [0.25, 0.3) is 0 Å². The van der Waals surface area contributed by atoms with Crippen molar-refractivity contribution in [2.75, 3.05) is 17.4 Å². The number of ether oxygens (including phenoxy) is 1. The number of benzene rings is 1. The molecule has 1 aromatic carbocycles. The average Bonchev–Trinajstić information content (AvgIpc) is 3.19. The summed E-state index contributed by atoms with van der Waals surface area (Å²) in [5.74, 6) is 0.162. The first kappa shape index (κ1) is 19.3. The van der Waals surface area contributed by atoms with Crippen LogP contribution in [0.4, 0.5) is 5.69 Å². The van der Waals surface area contributed by atoms with E-state index in [1.54, 1.807) is 16.8 Å². The van der Waals surface area contributed by atoms with Crippen LogP contribution in [0.2, 0.25) is 0 Å². The van der Waals surface area contributed by atoms with E-state index >= 15 is 0 Å². The molecular formula is C19H22N6O3S. The molecule has 1 fully saturated rings. The van der Waals surface area contributed by atoms with E-state index in [4.69, 9.17) is 10.5 Å². The second kappa shape index (κ2) is 6.79. The van der Waals surface area contributed by atoms with Crippen molar-refractivity contribution in [1.29, 1.82) is 5.26 Å². The summed E-state index contributed by atoms with van der Waals surface area (Å²) in [5.41, 5.74) is 9.32. The van der Waals surface area contributed by atoms with E-state index in [2.05, 4.69) is 15.9 Å². The Bertz CT molecular complexity index is 1140. The zero-order valence-corrected chi connectivity index (χ0v) is 17.2. The molecule has 0 spiro atoms. The molecule has 1 saturated heterocycles. The lowest BCUT2D eigenvalue weighted by Crippen LogP contribution is -2.29. The predicted octanol–water partition coefficient (Wildman–Crippen LogP) is 1.64. The van der Waals surface area contributed by atoms with Crippen molar-refractivity contribution in [2.45, 2.75) is 32.7 Å². The van der Waals surface area contributed by atoms with Gasteiger partial charge >= 0.3 is 10.2 Å². The third-order valence-corrected chi connectivity index (χ3v) is 6.69. The standard InChI is InChI=1S/C19H22N6O3S/c1-11(2)25-19-16(12(3)23-25)17(15(10-20)18(21)28-19)13-4-6-14(7-5-13)24-9-8-22-29(24,26)27/h4-7,11,17,22H,8-9,21H2,1-3H3. The molecule has 2 aromatic rings. The summed E-state index contributed by atoms with van der Waals surface area (Å²) in [7, 11) is -3.50. The minimum absolute atomic E-state index is 0.0576. The quantitative estimate of drug-likeness (QED) is 0.786. The molecule has 0 saturated carbocycles. The van der Waals surface area contributed by atoms with Crippen LogP contribution in [0.5, 0.6) is 5.88 Å².